The number of ether oxygens (including phenoxy) is 1. The van der Waals surface area contributed by atoms with Crippen LogP contribution in [0.15, 0.2) is 50.5 Å². The fourth-order valence-corrected chi connectivity index (χ4v) is 4.25. The number of hydrogen-bond acceptors (Lipinski definition) is 6. The average Bonchev–Trinajstić information content (AvgIpc) is 2.67. The molecule has 0 bridgehead atoms. The number of carbonyl (C=O) groups is 1. The molecule has 0 unspecified atom stereocenters. The van der Waals surface area contributed by atoms with Gasteiger partial charge in [-0.1, -0.05) is 11.6 Å². The Balaban J connectivity index is 1.92. The minimum Gasteiger partial charge on any atom is -0.457 e. The molecule has 3 rings (SSSR count). The summed E-state index contributed by atoms with van der Waals surface area (Å²) in [6.07, 6.45) is 0. The maximum atomic E-state index is 12.5. The Kier molecular flexibility index (Phi) is 6.03. The summed E-state index contributed by atoms with van der Waals surface area (Å²) in [5, 5.41) is 0.662. The first-order valence-corrected chi connectivity index (χ1v) is 10.8. The van der Waals surface area contributed by atoms with Crippen LogP contribution in [0.1, 0.15) is 27.0 Å². The van der Waals surface area contributed by atoms with Gasteiger partial charge in [0.2, 0.25) is 10.0 Å². The van der Waals surface area contributed by atoms with Gasteiger partial charge in [-0.25, -0.2) is 22.3 Å². The van der Waals surface area contributed by atoms with Crippen LogP contribution in [0.25, 0.3) is 11.0 Å². The van der Waals surface area contributed by atoms with Gasteiger partial charge in [0.05, 0.1) is 10.6 Å². The van der Waals surface area contributed by atoms with Crippen LogP contribution in [0.2, 0.25) is 5.02 Å². The molecular weight excluding hydrogens is 430 g/mol. The van der Waals surface area contributed by atoms with E-state index in [4.69, 9.17) is 20.8 Å². The molecule has 0 amide bonds. The minimum absolute atomic E-state index is 0.00208. The first kappa shape index (κ1) is 22.0. The third-order valence-corrected chi connectivity index (χ3v) is 7.03. The molecule has 0 saturated carbocycles. The van der Waals surface area contributed by atoms with E-state index in [1.807, 2.05) is 19.9 Å². The molecule has 30 heavy (non-hydrogen) atoms. The Labute approximate surface area is 178 Å². The van der Waals surface area contributed by atoms with E-state index in [0.29, 0.717) is 16.5 Å². The zero-order valence-corrected chi connectivity index (χ0v) is 18.4. The molecule has 7 nitrogen and oxygen atoms in total. The molecule has 0 aliphatic rings. The predicted molar refractivity (Wildman–Crippen MR) is 113 cm³/mol. The Morgan fingerprint density at radius 3 is 2.43 bits per heavy atom. The van der Waals surface area contributed by atoms with E-state index in [-0.39, 0.29) is 22.1 Å². The zero-order valence-electron chi connectivity index (χ0n) is 16.9. The quantitative estimate of drug-likeness (QED) is 0.435. The van der Waals surface area contributed by atoms with Crippen molar-refractivity contribution in [3.63, 3.8) is 0 Å². The van der Waals surface area contributed by atoms with E-state index in [0.717, 1.165) is 15.4 Å². The number of benzene rings is 2. The molecule has 0 radical (unpaired) electrons. The van der Waals surface area contributed by atoms with Crippen LogP contribution in [0, 0.1) is 13.8 Å². The molecule has 0 N–H and O–H groups in total. The number of carbonyl (C=O) groups excluding carboxylic acids is 1. The van der Waals surface area contributed by atoms with Crippen molar-refractivity contribution < 1.29 is 22.4 Å². The third kappa shape index (κ3) is 4.26. The fraction of sp³-hybridized carbons (Fsp3) is 0.238. The van der Waals surface area contributed by atoms with Crippen molar-refractivity contribution in [2.45, 2.75) is 25.3 Å². The number of sulfonamides is 1. The fourth-order valence-electron chi connectivity index (χ4n) is 2.85. The van der Waals surface area contributed by atoms with Gasteiger partial charge in [0.1, 0.15) is 17.1 Å². The number of hydrogen-bond donors (Lipinski definition) is 0. The zero-order chi connectivity index (χ0) is 22.2. The molecule has 2 aromatic carbocycles. The van der Waals surface area contributed by atoms with Crippen molar-refractivity contribution in [3.05, 3.63) is 74.1 Å². The number of halogens is 1. The summed E-state index contributed by atoms with van der Waals surface area (Å²) in [6.45, 7) is 3.65. The molecule has 3 aromatic rings. The summed E-state index contributed by atoms with van der Waals surface area (Å²) in [5.41, 5.74) is 2.34. The second kappa shape index (κ2) is 8.22. The average molecular weight is 450 g/mol. The van der Waals surface area contributed by atoms with Crippen LogP contribution in [-0.2, 0) is 21.4 Å². The molecule has 0 aliphatic heterocycles. The second-order valence-corrected chi connectivity index (χ2v) is 9.56. The summed E-state index contributed by atoms with van der Waals surface area (Å²) < 4.78 is 36.4. The highest BCUT2D eigenvalue weighted by Crippen LogP contribution is 2.26. The molecule has 9 heteroatoms. The Morgan fingerprint density at radius 2 is 1.77 bits per heavy atom. The number of esters is 1. The van der Waals surface area contributed by atoms with Crippen LogP contribution in [-0.4, -0.2) is 32.8 Å². The SMILES string of the molecule is Cc1cc2oc(=O)cc(COC(=O)c3ccc(Cl)c(S(=O)(=O)N(C)C)c3)c2cc1C. The Hall–Kier alpha value is -2.68. The molecule has 0 spiro atoms. The lowest BCUT2D eigenvalue weighted by atomic mass is 10.0. The lowest BCUT2D eigenvalue weighted by Crippen LogP contribution is -2.23. The topological polar surface area (TPSA) is 93.9 Å². The van der Waals surface area contributed by atoms with E-state index in [1.54, 1.807) is 6.07 Å². The smallest absolute Gasteiger partial charge is 0.338 e. The van der Waals surface area contributed by atoms with Gasteiger partial charge in [-0.2, -0.15) is 0 Å². The van der Waals surface area contributed by atoms with E-state index in [1.165, 1.54) is 38.4 Å². The van der Waals surface area contributed by atoms with Gasteiger partial charge in [-0.15, -0.1) is 0 Å². The van der Waals surface area contributed by atoms with Crippen LogP contribution < -0.4 is 5.63 Å². The lowest BCUT2D eigenvalue weighted by molar-refractivity contribution is 0.0473. The maximum absolute atomic E-state index is 12.5. The third-order valence-electron chi connectivity index (χ3n) is 4.73. The monoisotopic (exact) mass is 449 g/mol. The Bertz CT molecular complexity index is 1310. The molecule has 158 valence electrons. The summed E-state index contributed by atoms with van der Waals surface area (Å²) in [4.78, 5) is 24.2. The highest BCUT2D eigenvalue weighted by atomic mass is 35.5. The molecule has 0 aliphatic carbocycles. The summed E-state index contributed by atoms with van der Waals surface area (Å²) in [5.74, 6) is -0.743. The van der Waals surface area contributed by atoms with E-state index < -0.39 is 21.6 Å². The van der Waals surface area contributed by atoms with Crippen molar-refractivity contribution in [2.24, 2.45) is 0 Å². The largest absolute Gasteiger partial charge is 0.457 e. The van der Waals surface area contributed by atoms with Gasteiger partial charge in [0, 0.05) is 31.1 Å². The van der Waals surface area contributed by atoms with Gasteiger partial charge < -0.3 is 9.15 Å². The van der Waals surface area contributed by atoms with E-state index in [2.05, 4.69) is 0 Å². The van der Waals surface area contributed by atoms with Crippen LogP contribution in [0.3, 0.4) is 0 Å². The highest BCUT2D eigenvalue weighted by molar-refractivity contribution is 7.89. The van der Waals surface area contributed by atoms with Gasteiger partial charge in [-0.05, 0) is 55.3 Å². The summed E-state index contributed by atoms with van der Waals surface area (Å²) >= 11 is 6.01. The van der Waals surface area contributed by atoms with Gasteiger partial charge in [0.25, 0.3) is 0 Å². The van der Waals surface area contributed by atoms with Crippen LogP contribution in [0.4, 0.5) is 0 Å². The summed E-state index contributed by atoms with van der Waals surface area (Å²) in [6, 6.07) is 8.77. The lowest BCUT2D eigenvalue weighted by Gasteiger charge is -2.14. The van der Waals surface area contributed by atoms with Crippen molar-refractivity contribution in [2.75, 3.05) is 14.1 Å². The number of nitrogens with zero attached hydrogens (tertiary/aromatic N) is 1. The normalized spacial score (nSPS) is 11.8. The minimum atomic E-state index is -3.83. The van der Waals surface area contributed by atoms with Gasteiger partial charge >= 0.3 is 11.6 Å². The van der Waals surface area contributed by atoms with Crippen molar-refractivity contribution in [1.29, 1.82) is 0 Å². The standard InChI is InChI=1S/C21H20ClNO6S/c1-12-7-16-15(10-20(24)29-18(16)8-13(12)2)11-28-21(25)14-5-6-17(22)19(9-14)30(26,27)23(3)4/h5-10H,11H2,1-4H3. The number of aryl methyl sites for hydroxylation is 2. The molecule has 0 fully saturated rings. The molecule has 0 atom stereocenters. The first-order valence-electron chi connectivity index (χ1n) is 8.94. The molecular formula is C21H20ClNO6S. The molecule has 0 saturated heterocycles. The molecule has 1 aromatic heterocycles. The summed E-state index contributed by atoms with van der Waals surface area (Å²) in [7, 11) is -1.10. The molecule has 1 heterocycles. The van der Waals surface area contributed by atoms with Crippen molar-refractivity contribution in [3.8, 4) is 0 Å². The second-order valence-electron chi connectivity index (χ2n) is 7.03. The first-order chi connectivity index (χ1) is 14.0. The number of rotatable bonds is 5. The van der Waals surface area contributed by atoms with E-state index >= 15 is 0 Å². The van der Waals surface area contributed by atoms with Crippen LogP contribution in [0.5, 0.6) is 0 Å². The Morgan fingerprint density at radius 1 is 1.10 bits per heavy atom. The van der Waals surface area contributed by atoms with Crippen LogP contribution >= 0.6 is 11.6 Å². The van der Waals surface area contributed by atoms with Crippen molar-refractivity contribution >= 4 is 38.6 Å². The number of fused-ring (bicyclic) bond motifs is 1. The van der Waals surface area contributed by atoms with Gasteiger partial charge in [0.15, 0.2) is 0 Å². The predicted octanol–water partition coefficient (Wildman–Crippen LogP) is 3.67. The van der Waals surface area contributed by atoms with E-state index in [9.17, 15) is 18.0 Å². The van der Waals surface area contributed by atoms with Gasteiger partial charge in [-0.3, -0.25) is 0 Å². The highest BCUT2D eigenvalue weighted by Gasteiger charge is 2.23. The van der Waals surface area contributed by atoms with Crippen molar-refractivity contribution in [1.82, 2.24) is 4.31 Å². The maximum Gasteiger partial charge on any atom is 0.338 e.